The number of barbiturate groups is 1. The monoisotopic (exact) mass is 394 g/mol. The van der Waals surface area contributed by atoms with Crippen molar-refractivity contribution < 1.29 is 23.9 Å². The molecule has 7 heteroatoms. The third kappa shape index (κ3) is 4.13. The molecule has 1 saturated heterocycles. The maximum Gasteiger partial charge on any atom is 0.335 e. The summed E-state index contributed by atoms with van der Waals surface area (Å²) in [5.41, 5.74) is 2.64. The van der Waals surface area contributed by atoms with Crippen molar-refractivity contribution in [3.63, 3.8) is 0 Å². The molecule has 0 saturated carbocycles. The van der Waals surface area contributed by atoms with Gasteiger partial charge in [-0.2, -0.15) is 0 Å². The van der Waals surface area contributed by atoms with Crippen LogP contribution >= 0.6 is 0 Å². The van der Waals surface area contributed by atoms with Crippen molar-refractivity contribution >= 4 is 29.6 Å². The zero-order chi connectivity index (χ0) is 21.1. The van der Waals surface area contributed by atoms with Crippen LogP contribution in [0, 0.1) is 13.8 Å². The summed E-state index contributed by atoms with van der Waals surface area (Å²) in [5, 5.41) is 2.23. The van der Waals surface area contributed by atoms with Gasteiger partial charge in [-0.05, 0) is 67.8 Å². The lowest BCUT2D eigenvalue weighted by Gasteiger charge is -2.27. The number of rotatable bonds is 5. The summed E-state index contributed by atoms with van der Waals surface area (Å²) in [5.74, 6) is -0.386. The summed E-state index contributed by atoms with van der Waals surface area (Å²) in [6, 6.07) is 9.67. The van der Waals surface area contributed by atoms with Crippen LogP contribution in [-0.4, -0.2) is 31.6 Å². The second-order valence-electron chi connectivity index (χ2n) is 6.65. The molecule has 0 unspecified atom stereocenters. The summed E-state index contributed by atoms with van der Waals surface area (Å²) in [6.45, 7) is 6.02. The van der Waals surface area contributed by atoms with Gasteiger partial charge in [0.1, 0.15) is 5.57 Å². The van der Waals surface area contributed by atoms with Crippen LogP contribution in [-0.2, 0) is 9.59 Å². The Kier molecular flexibility index (Phi) is 5.68. The Labute approximate surface area is 168 Å². The van der Waals surface area contributed by atoms with E-state index in [0.717, 1.165) is 16.0 Å². The number of methoxy groups -OCH3 is 1. The molecule has 3 rings (SSSR count). The molecule has 2 aromatic carbocycles. The van der Waals surface area contributed by atoms with Crippen LogP contribution in [0.2, 0.25) is 0 Å². The maximum absolute atomic E-state index is 13.0. The zero-order valence-corrected chi connectivity index (χ0v) is 16.7. The number of ether oxygens (including phenoxy) is 2. The predicted molar refractivity (Wildman–Crippen MR) is 109 cm³/mol. The standard InChI is InChI=1S/C22H22N2O5/c1-5-29-19-12-15(6-7-18(19)28-4)11-17-20(25)23-22(27)24(21(17)26)16-9-13(2)8-14(3)10-16/h6-12H,5H2,1-4H3,(H,23,25,27)/b17-11+. The number of benzene rings is 2. The second-order valence-corrected chi connectivity index (χ2v) is 6.65. The molecule has 0 spiro atoms. The van der Waals surface area contributed by atoms with Gasteiger partial charge in [-0.15, -0.1) is 0 Å². The number of carbonyl (C=O) groups excluding carboxylic acids is 3. The molecule has 0 bridgehead atoms. The number of hydrogen-bond acceptors (Lipinski definition) is 5. The Bertz CT molecular complexity index is 1010. The van der Waals surface area contributed by atoms with Crippen LogP contribution in [0.15, 0.2) is 42.0 Å². The normalized spacial score (nSPS) is 15.5. The van der Waals surface area contributed by atoms with Gasteiger partial charge >= 0.3 is 6.03 Å². The molecule has 1 heterocycles. The second kappa shape index (κ2) is 8.18. The summed E-state index contributed by atoms with van der Waals surface area (Å²) in [7, 11) is 1.53. The number of imide groups is 2. The molecule has 1 fully saturated rings. The molecule has 0 atom stereocenters. The van der Waals surface area contributed by atoms with Crippen molar-refractivity contribution in [2.45, 2.75) is 20.8 Å². The zero-order valence-electron chi connectivity index (χ0n) is 16.7. The first-order valence-corrected chi connectivity index (χ1v) is 9.14. The quantitative estimate of drug-likeness (QED) is 0.621. The highest BCUT2D eigenvalue weighted by Crippen LogP contribution is 2.30. The van der Waals surface area contributed by atoms with E-state index < -0.39 is 17.8 Å². The van der Waals surface area contributed by atoms with Crippen molar-refractivity contribution in [2.75, 3.05) is 18.6 Å². The van der Waals surface area contributed by atoms with Crippen molar-refractivity contribution in [1.82, 2.24) is 5.32 Å². The van der Waals surface area contributed by atoms with Crippen LogP contribution in [0.5, 0.6) is 11.5 Å². The van der Waals surface area contributed by atoms with E-state index in [1.165, 1.54) is 13.2 Å². The van der Waals surface area contributed by atoms with Gasteiger partial charge in [0.2, 0.25) is 0 Å². The number of carbonyl (C=O) groups is 3. The summed E-state index contributed by atoms with van der Waals surface area (Å²) in [6.07, 6.45) is 1.43. The van der Waals surface area contributed by atoms with Crippen LogP contribution in [0.25, 0.3) is 6.08 Å². The molecule has 7 nitrogen and oxygen atoms in total. The van der Waals surface area contributed by atoms with E-state index >= 15 is 0 Å². The molecule has 150 valence electrons. The van der Waals surface area contributed by atoms with E-state index in [-0.39, 0.29) is 5.57 Å². The first-order chi connectivity index (χ1) is 13.8. The Morgan fingerprint density at radius 1 is 1.00 bits per heavy atom. The molecule has 0 radical (unpaired) electrons. The minimum atomic E-state index is -0.771. The van der Waals surface area contributed by atoms with Gasteiger partial charge in [0.15, 0.2) is 11.5 Å². The van der Waals surface area contributed by atoms with Gasteiger partial charge in [0, 0.05) is 0 Å². The number of aryl methyl sites for hydroxylation is 2. The fourth-order valence-electron chi connectivity index (χ4n) is 3.19. The number of anilines is 1. The summed E-state index contributed by atoms with van der Waals surface area (Å²) < 4.78 is 10.8. The first-order valence-electron chi connectivity index (χ1n) is 9.14. The van der Waals surface area contributed by atoms with Crippen LogP contribution in [0.1, 0.15) is 23.6 Å². The smallest absolute Gasteiger partial charge is 0.335 e. The number of amides is 4. The molecule has 0 aromatic heterocycles. The number of nitrogens with zero attached hydrogens (tertiary/aromatic N) is 1. The Morgan fingerprint density at radius 3 is 2.31 bits per heavy atom. The SMILES string of the molecule is CCOc1cc(/C=C2\C(=O)NC(=O)N(c3cc(C)cc(C)c3)C2=O)ccc1OC. The molecule has 2 aromatic rings. The fraction of sp³-hybridized carbons (Fsp3) is 0.227. The topological polar surface area (TPSA) is 84.9 Å². The minimum absolute atomic E-state index is 0.142. The molecule has 29 heavy (non-hydrogen) atoms. The van der Waals surface area contributed by atoms with E-state index in [0.29, 0.717) is 29.4 Å². The van der Waals surface area contributed by atoms with Gasteiger partial charge in [0.05, 0.1) is 19.4 Å². The molecule has 0 aliphatic carbocycles. The van der Waals surface area contributed by atoms with E-state index in [9.17, 15) is 14.4 Å². The lowest BCUT2D eigenvalue weighted by molar-refractivity contribution is -0.122. The van der Waals surface area contributed by atoms with Gasteiger partial charge < -0.3 is 9.47 Å². The van der Waals surface area contributed by atoms with E-state index in [2.05, 4.69) is 5.32 Å². The van der Waals surface area contributed by atoms with E-state index in [4.69, 9.17) is 9.47 Å². The Morgan fingerprint density at radius 2 is 1.69 bits per heavy atom. The fourth-order valence-corrected chi connectivity index (χ4v) is 3.19. The van der Waals surface area contributed by atoms with Crippen LogP contribution in [0.3, 0.4) is 0 Å². The van der Waals surface area contributed by atoms with Crippen molar-refractivity contribution in [3.8, 4) is 11.5 Å². The highest BCUT2D eigenvalue weighted by atomic mass is 16.5. The molecule has 1 aliphatic heterocycles. The third-order valence-corrected chi connectivity index (χ3v) is 4.36. The molecule has 1 aliphatic rings. The molecular weight excluding hydrogens is 372 g/mol. The van der Waals surface area contributed by atoms with E-state index in [1.54, 1.807) is 30.3 Å². The highest BCUT2D eigenvalue weighted by molar-refractivity contribution is 6.39. The van der Waals surface area contributed by atoms with Gasteiger partial charge in [-0.1, -0.05) is 12.1 Å². The minimum Gasteiger partial charge on any atom is -0.493 e. The van der Waals surface area contributed by atoms with Crippen LogP contribution < -0.4 is 19.7 Å². The average Bonchev–Trinajstić information content (AvgIpc) is 2.65. The lowest BCUT2D eigenvalue weighted by Crippen LogP contribution is -2.54. The first kappa shape index (κ1) is 20.1. The maximum atomic E-state index is 13.0. The average molecular weight is 394 g/mol. The summed E-state index contributed by atoms with van der Waals surface area (Å²) in [4.78, 5) is 38.7. The largest absolute Gasteiger partial charge is 0.493 e. The molecule has 4 amide bonds. The van der Waals surface area contributed by atoms with Crippen LogP contribution in [0.4, 0.5) is 10.5 Å². The molecular formula is C22H22N2O5. The highest BCUT2D eigenvalue weighted by Gasteiger charge is 2.37. The van der Waals surface area contributed by atoms with Crippen molar-refractivity contribution in [3.05, 3.63) is 58.7 Å². The summed E-state index contributed by atoms with van der Waals surface area (Å²) >= 11 is 0. The predicted octanol–water partition coefficient (Wildman–Crippen LogP) is 3.38. The Balaban J connectivity index is 2.02. The molecule has 1 N–H and O–H groups in total. The lowest BCUT2D eigenvalue weighted by atomic mass is 10.0. The Hall–Kier alpha value is -3.61. The van der Waals surface area contributed by atoms with Crippen molar-refractivity contribution in [1.29, 1.82) is 0 Å². The number of urea groups is 1. The number of nitrogens with one attached hydrogen (secondary N) is 1. The number of hydrogen-bond donors (Lipinski definition) is 1. The van der Waals surface area contributed by atoms with E-state index in [1.807, 2.05) is 26.8 Å². The van der Waals surface area contributed by atoms with Crippen molar-refractivity contribution in [2.24, 2.45) is 0 Å². The third-order valence-electron chi connectivity index (χ3n) is 4.36. The van der Waals surface area contributed by atoms with Gasteiger partial charge in [-0.3, -0.25) is 14.9 Å². The van der Waals surface area contributed by atoms with Gasteiger partial charge in [-0.25, -0.2) is 9.69 Å². The van der Waals surface area contributed by atoms with Gasteiger partial charge in [0.25, 0.3) is 11.8 Å².